The zero-order valence-electron chi connectivity index (χ0n) is 12.5. The van der Waals surface area contributed by atoms with E-state index in [0.29, 0.717) is 18.8 Å². The zero-order valence-corrected chi connectivity index (χ0v) is 13.3. The van der Waals surface area contributed by atoms with Crippen molar-refractivity contribution in [1.29, 1.82) is 0 Å². The first kappa shape index (κ1) is 16.7. The van der Waals surface area contributed by atoms with Crippen LogP contribution in [0.5, 0.6) is 0 Å². The minimum Gasteiger partial charge on any atom is -0.480 e. The SMILES string of the molecule is CC1CN(S(=O)(=O)c2ccc(NCC(=O)O)cc2)CC(C)O1. The van der Waals surface area contributed by atoms with Crippen LogP contribution in [0.3, 0.4) is 0 Å². The Morgan fingerprint density at radius 2 is 1.82 bits per heavy atom. The average molecular weight is 328 g/mol. The summed E-state index contributed by atoms with van der Waals surface area (Å²) in [5.41, 5.74) is 0.560. The number of carbonyl (C=O) groups is 1. The van der Waals surface area contributed by atoms with E-state index in [4.69, 9.17) is 9.84 Å². The van der Waals surface area contributed by atoms with Crippen molar-refractivity contribution in [2.24, 2.45) is 0 Å². The van der Waals surface area contributed by atoms with Crippen LogP contribution in [0.15, 0.2) is 29.2 Å². The van der Waals surface area contributed by atoms with Crippen molar-refractivity contribution in [2.45, 2.75) is 31.0 Å². The van der Waals surface area contributed by atoms with Gasteiger partial charge in [-0.25, -0.2) is 8.42 Å². The highest BCUT2D eigenvalue weighted by Gasteiger charge is 2.32. The van der Waals surface area contributed by atoms with Crippen molar-refractivity contribution in [3.8, 4) is 0 Å². The number of hydrogen-bond acceptors (Lipinski definition) is 5. The van der Waals surface area contributed by atoms with Crippen LogP contribution < -0.4 is 5.32 Å². The first-order valence-corrected chi connectivity index (χ1v) is 8.44. The summed E-state index contributed by atoms with van der Waals surface area (Å²) in [7, 11) is -3.57. The van der Waals surface area contributed by atoms with Crippen LogP contribution in [0, 0.1) is 0 Å². The molecule has 1 heterocycles. The summed E-state index contributed by atoms with van der Waals surface area (Å²) < 4.78 is 32.2. The number of anilines is 1. The monoisotopic (exact) mass is 328 g/mol. The van der Waals surface area contributed by atoms with Crippen molar-refractivity contribution in [3.63, 3.8) is 0 Å². The Morgan fingerprint density at radius 1 is 1.27 bits per heavy atom. The van der Waals surface area contributed by atoms with Crippen molar-refractivity contribution in [2.75, 3.05) is 25.0 Å². The molecule has 1 aliphatic rings. The van der Waals surface area contributed by atoms with Gasteiger partial charge in [-0.3, -0.25) is 4.79 Å². The van der Waals surface area contributed by atoms with Crippen LogP contribution in [0.4, 0.5) is 5.69 Å². The quantitative estimate of drug-likeness (QED) is 0.836. The maximum absolute atomic E-state index is 12.6. The second-order valence-corrected chi connectivity index (χ2v) is 7.29. The third kappa shape index (κ3) is 3.96. The summed E-state index contributed by atoms with van der Waals surface area (Å²) in [6.07, 6.45) is -0.287. The maximum Gasteiger partial charge on any atom is 0.322 e. The molecule has 122 valence electrons. The maximum atomic E-state index is 12.6. The van der Waals surface area contributed by atoms with Crippen LogP contribution in [-0.2, 0) is 19.6 Å². The molecule has 22 heavy (non-hydrogen) atoms. The van der Waals surface area contributed by atoms with Gasteiger partial charge in [0, 0.05) is 18.8 Å². The molecule has 0 amide bonds. The number of carboxylic acids is 1. The minimum atomic E-state index is -3.57. The van der Waals surface area contributed by atoms with E-state index >= 15 is 0 Å². The molecule has 2 N–H and O–H groups in total. The lowest BCUT2D eigenvalue weighted by molar-refractivity contribution is -0.134. The summed E-state index contributed by atoms with van der Waals surface area (Å²) in [6.45, 7) is 4.12. The molecule has 1 aromatic carbocycles. The molecule has 8 heteroatoms. The summed E-state index contributed by atoms with van der Waals surface area (Å²) in [4.78, 5) is 10.7. The molecule has 2 atom stereocenters. The third-order valence-corrected chi connectivity index (χ3v) is 5.17. The van der Waals surface area contributed by atoms with Gasteiger partial charge >= 0.3 is 5.97 Å². The highest BCUT2D eigenvalue weighted by atomic mass is 32.2. The smallest absolute Gasteiger partial charge is 0.322 e. The van der Waals surface area contributed by atoms with Gasteiger partial charge in [-0.15, -0.1) is 0 Å². The van der Waals surface area contributed by atoms with Gasteiger partial charge < -0.3 is 15.2 Å². The topological polar surface area (TPSA) is 95.9 Å². The number of nitrogens with one attached hydrogen (secondary N) is 1. The van der Waals surface area contributed by atoms with Gasteiger partial charge in [0.1, 0.15) is 6.54 Å². The molecule has 0 aliphatic carbocycles. The molecular formula is C14H20N2O5S. The second kappa shape index (κ2) is 6.64. The number of carboxylic acid groups (broad SMARTS) is 1. The van der Waals surface area contributed by atoms with Gasteiger partial charge in [-0.05, 0) is 38.1 Å². The first-order chi connectivity index (χ1) is 10.3. The first-order valence-electron chi connectivity index (χ1n) is 7.00. The molecule has 1 aromatic rings. The number of ether oxygens (including phenoxy) is 1. The lowest BCUT2D eigenvalue weighted by Crippen LogP contribution is -2.48. The number of hydrogen-bond donors (Lipinski definition) is 2. The molecule has 7 nitrogen and oxygen atoms in total. The highest BCUT2D eigenvalue weighted by molar-refractivity contribution is 7.89. The molecule has 0 bridgehead atoms. The summed E-state index contributed by atoms with van der Waals surface area (Å²) in [5.74, 6) is -0.979. The Labute approximate surface area is 129 Å². The zero-order chi connectivity index (χ0) is 16.3. The van der Waals surface area contributed by atoms with Gasteiger partial charge in [0.15, 0.2) is 0 Å². The molecule has 1 saturated heterocycles. The number of nitrogens with zero attached hydrogens (tertiary/aromatic N) is 1. The van der Waals surface area contributed by atoms with E-state index in [1.165, 1.54) is 16.4 Å². The van der Waals surface area contributed by atoms with E-state index < -0.39 is 16.0 Å². The van der Waals surface area contributed by atoms with Gasteiger partial charge in [0.25, 0.3) is 0 Å². The molecule has 2 rings (SSSR count). The molecule has 2 unspecified atom stereocenters. The molecule has 0 saturated carbocycles. The molecule has 1 fully saturated rings. The predicted octanol–water partition coefficient (Wildman–Crippen LogP) is 0.981. The minimum absolute atomic E-state index is 0.143. The summed E-state index contributed by atoms with van der Waals surface area (Å²) in [6, 6.07) is 6.07. The molecule has 0 spiro atoms. The lowest BCUT2D eigenvalue weighted by atomic mass is 10.3. The Kier molecular flexibility index (Phi) is 5.05. The van der Waals surface area contributed by atoms with E-state index in [0.717, 1.165) is 0 Å². The van der Waals surface area contributed by atoms with E-state index in [1.54, 1.807) is 12.1 Å². The van der Waals surface area contributed by atoms with Crippen molar-refractivity contribution in [3.05, 3.63) is 24.3 Å². The van der Waals surface area contributed by atoms with E-state index in [9.17, 15) is 13.2 Å². The van der Waals surface area contributed by atoms with Crippen LogP contribution in [0.2, 0.25) is 0 Å². The largest absolute Gasteiger partial charge is 0.480 e. The van der Waals surface area contributed by atoms with Gasteiger partial charge in [-0.2, -0.15) is 4.31 Å². The number of benzene rings is 1. The van der Waals surface area contributed by atoms with Crippen LogP contribution in [0.25, 0.3) is 0 Å². The number of morpholine rings is 1. The fourth-order valence-corrected chi connectivity index (χ4v) is 3.99. The third-order valence-electron chi connectivity index (χ3n) is 3.32. The molecular weight excluding hydrogens is 308 g/mol. The number of sulfonamides is 1. The van der Waals surface area contributed by atoms with Crippen molar-refractivity contribution < 1.29 is 23.1 Å². The Balaban J connectivity index is 2.13. The number of rotatable bonds is 5. The Morgan fingerprint density at radius 3 is 2.32 bits per heavy atom. The van der Waals surface area contributed by atoms with Crippen LogP contribution in [-0.4, -0.2) is 55.6 Å². The van der Waals surface area contributed by atoms with Crippen LogP contribution in [0.1, 0.15) is 13.8 Å². The Hall–Kier alpha value is -1.64. The standard InChI is InChI=1S/C14H20N2O5S/c1-10-8-16(9-11(2)21-10)22(19,20)13-5-3-12(4-6-13)15-7-14(17)18/h3-6,10-11,15H,7-9H2,1-2H3,(H,17,18). The lowest BCUT2D eigenvalue weighted by Gasteiger charge is -2.34. The van der Waals surface area contributed by atoms with Gasteiger partial charge in [0.2, 0.25) is 10.0 Å². The van der Waals surface area contributed by atoms with Crippen molar-refractivity contribution in [1.82, 2.24) is 4.31 Å². The highest BCUT2D eigenvalue weighted by Crippen LogP contribution is 2.22. The summed E-state index contributed by atoms with van der Waals surface area (Å²) >= 11 is 0. The summed E-state index contributed by atoms with van der Waals surface area (Å²) in [5, 5.41) is 11.3. The number of aliphatic carboxylic acids is 1. The molecule has 0 aromatic heterocycles. The predicted molar refractivity (Wildman–Crippen MR) is 81.3 cm³/mol. The second-order valence-electron chi connectivity index (χ2n) is 5.35. The normalized spacial score (nSPS) is 23.2. The van der Waals surface area contributed by atoms with Crippen LogP contribution >= 0.6 is 0 Å². The van der Waals surface area contributed by atoms with E-state index in [2.05, 4.69) is 5.32 Å². The molecule has 0 radical (unpaired) electrons. The Bertz CT molecular complexity index is 619. The molecule has 1 aliphatic heterocycles. The fraction of sp³-hybridized carbons (Fsp3) is 0.500. The van der Waals surface area contributed by atoms with Gasteiger partial charge in [0.05, 0.1) is 17.1 Å². The van der Waals surface area contributed by atoms with E-state index in [-0.39, 0.29) is 23.6 Å². The van der Waals surface area contributed by atoms with Gasteiger partial charge in [-0.1, -0.05) is 0 Å². The van der Waals surface area contributed by atoms with E-state index in [1.807, 2.05) is 13.8 Å². The average Bonchev–Trinajstić information content (AvgIpc) is 2.44. The fourth-order valence-electron chi connectivity index (χ4n) is 2.40. The van der Waals surface area contributed by atoms with Crippen molar-refractivity contribution >= 4 is 21.7 Å².